The van der Waals surface area contributed by atoms with Gasteiger partial charge in [-0.15, -0.1) is 0 Å². The summed E-state index contributed by atoms with van der Waals surface area (Å²) in [6.07, 6.45) is 5.43. The highest BCUT2D eigenvalue weighted by molar-refractivity contribution is 7.23. The molecule has 0 unspecified atom stereocenters. The number of hydrogen-bond acceptors (Lipinski definition) is 4. The van der Waals surface area contributed by atoms with Gasteiger partial charge in [-0.05, 0) is 59.5 Å². The highest BCUT2D eigenvalue weighted by Gasteiger charge is 2.22. The number of imidazole rings is 2. The van der Waals surface area contributed by atoms with E-state index in [1.54, 1.807) is 11.3 Å². The van der Waals surface area contributed by atoms with E-state index in [4.69, 9.17) is 14.7 Å². The molecule has 4 heterocycles. The molecule has 42 heavy (non-hydrogen) atoms. The molecule has 7 heteroatoms. The summed E-state index contributed by atoms with van der Waals surface area (Å²) >= 11 is 1.67. The molecule has 0 bridgehead atoms. The first-order valence-corrected chi connectivity index (χ1v) is 14.7. The second-order valence-corrected chi connectivity index (χ2v) is 12.4. The molecule has 0 fully saturated rings. The Kier molecular flexibility index (Phi) is 5.46. The highest BCUT2D eigenvalue weighted by Crippen LogP contribution is 2.36. The van der Waals surface area contributed by atoms with Crippen molar-refractivity contribution >= 4 is 48.7 Å². The molecule has 0 spiro atoms. The monoisotopic (exact) mass is 565 g/mol. The van der Waals surface area contributed by atoms with Gasteiger partial charge in [-0.2, -0.15) is 0 Å². The smallest absolute Gasteiger partial charge is 0.269 e. The first-order chi connectivity index (χ1) is 20.4. The molecular weight excluding hydrogens is 538 g/mol. The van der Waals surface area contributed by atoms with Crippen LogP contribution in [0.2, 0.25) is 0 Å². The molecule has 0 atom stereocenters. The standard InChI is InChI=1S/C35H27N5OS/c1-35(2,3)27-18-19-36-33-32(27)37-34-40(33)30-21-26(16-17-31(30)42-34)41-25-13-9-12-24(20-25)39-22-38(23-10-5-4-6-11-23)28-14-7-8-15-29(28)39/h4-21H,1-3H3. The lowest BCUT2D eigenvalue weighted by molar-refractivity contribution is -0.572. The van der Waals surface area contributed by atoms with Gasteiger partial charge in [-0.25, -0.2) is 9.97 Å². The van der Waals surface area contributed by atoms with Crippen molar-refractivity contribution in [3.8, 4) is 22.9 Å². The Labute approximate surface area is 246 Å². The van der Waals surface area contributed by atoms with Gasteiger partial charge in [0.1, 0.15) is 17.0 Å². The summed E-state index contributed by atoms with van der Waals surface area (Å²) in [6, 6.07) is 35.0. The third-order valence-corrected chi connectivity index (χ3v) is 8.61. The zero-order chi connectivity index (χ0) is 28.4. The molecule has 6 nitrogen and oxygen atoms in total. The minimum atomic E-state index is -0.0247. The van der Waals surface area contributed by atoms with Gasteiger partial charge in [0.15, 0.2) is 10.6 Å². The van der Waals surface area contributed by atoms with Gasteiger partial charge in [0, 0.05) is 12.3 Å². The van der Waals surface area contributed by atoms with Gasteiger partial charge in [-0.3, -0.25) is 13.5 Å². The number of pyridine rings is 1. The fraction of sp³-hybridized carbons (Fsp3) is 0.114. The topological polar surface area (TPSA) is 48.2 Å². The molecule has 4 aromatic heterocycles. The van der Waals surface area contributed by atoms with Crippen LogP contribution < -0.4 is 9.30 Å². The number of hydrogen-bond donors (Lipinski definition) is 0. The number of rotatable bonds is 4. The van der Waals surface area contributed by atoms with E-state index in [-0.39, 0.29) is 5.41 Å². The average molecular weight is 566 g/mol. The predicted octanol–water partition coefficient (Wildman–Crippen LogP) is 8.21. The molecule has 204 valence electrons. The van der Waals surface area contributed by atoms with Gasteiger partial charge in [0.2, 0.25) is 0 Å². The second-order valence-electron chi connectivity index (χ2n) is 11.4. The van der Waals surface area contributed by atoms with Crippen LogP contribution in [0.15, 0.2) is 109 Å². The van der Waals surface area contributed by atoms with Crippen molar-refractivity contribution in [3.05, 3.63) is 121 Å². The third-order valence-electron chi connectivity index (χ3n) is 7.59. The second kappa shape index (κ2) is 9.26. The van der Waals surface area contributed by atoms with E-state index in [0.29, 0.717) is 0 Å². The number of benzene rings is 4. The molecule has 0 N–H and O–H groups in total. The van der Waals surface area contributed by atoms with E-state index >= 15 is 0 Å². The molecule has 0 aliphatic heterocycles. The van der Waals surface area contributed by atoms with Crippen molar-refractivity contribution in [2.24, 2.45) is 0 Å². The Morgan fingerprint density at radius 1 is 0.810 bits per heavy atom. The summed E-state index contributed by atoms with van der Waals surface area (Å²) in [6.45, 7) is 6.63. The number of aromatic nitrogens is 5. The van der Waals surface area contributed by atoms with Crippen LogP contribution >= 0.6 is 11.3 Å². The molecule has 0 amide bonds. The third kappa shape index (κ3) is 3.96. The fourth-order valence-corrected chi connectivity index (χ4v) is 6.61. The van der Waals surface area contributed by atoms with Gasteiger partial charge < -0.3 is 4.74 Å². The van der Waals surface area contributed by atoms with Crippen molar-refractivity contribution in [1.82, 2.24) is 18.9 Å². The molecule has 0 aliphatic rings. The number of para-hydroxylation sites is 3. The first kappa shape index (κ1) is 24.8. The van der Waals surface area contributed by atoms with E-state index in [1.165, 1.54) is 5.56 Å². The SMILES string of the molecule is CC(C)(C)c1ccnc2c1nc1sc3ccc(Oc4cccc(-n5[c-][n+](-c6ccccc6)c6ccccc65)c4)cc3n12. The molecule has 0 radical (unpaired) electrons. The Morgan fingerprint density at radius 3 is 2.48 bits per heavy atom. The maximum atomic E-state index is 6.45. The van der Waals surface area contributed by atoms with Crippen molar-refractivity contribution in [3.63, 3.8) is 0 Å². The lowest BCUT2D eigenvalue weighted by atomic mass is 9.87. The molecule has 0 saturated heterocycles. The normalized spacial score (nSPS) is 12.2. The summed E-state index contributed by atoms with van der Waals surface area (Å²) in [7, 11) is 0. The zero-order valence-corrected chi connectivity index (χ0v) is 24.3. The largest absolute Gasteiger partial charge is 0.458 e. The Hall–Kier alpha value is -5.01. The van der Waals surface area contributed by atoms with E-state index in [1.807, 2.05) is 42.6 Å². The van der Waals surface area contributed by atoms with Crippen LogP contribution in [0.1, 0.15) is 26.3 Å². The molecule has 8 rings (SSSR count). The summed E-state index contributed by atoms with van der Waals surface area (Å²) in [5.41, 5.74) is 8.23. The van der Waals surface area contributed by atoms with Gasteiger partial charge >= 0.3 is 0 Å². The lowest BCUT2D eigenvalue weighted by Gasteiger charge is -2.18. The summed E-state index contributed by atoms with van der Waals surface area (Å²) in [4.78, 5) is 10.7. The van der Waals surface area contributed by atoms with Crippen LogP contribution in [-0.2, 0) is 5.41 Å². The Bertz CT molecular complexity index is 2270. The van der Waals surface area contributed by atoms with Crippen molar-refractivity contribution in [2.45, 2.75) is 26.2 Å². The van der Waals surface area contributed by atoms with Crippen LogP contribution in [0, 0.1) is 6.33 Å². The summed E-state index contributed by atoms with van der Waals surface area (Å²) in [5, 5.41) is 0. The number of nitrogens with zero attached hydrogens (tertiary/aromatic N) is 5. The lowest BCUT2D eigenvalue weighted by Crippen LogP contribution is -2.29. The van der Waals surface area contributed by atoms with Gasteiger partial charge in [-0.1, -0.05) is 80.6 Å². The zero-order valence-electron chi connectivity index (χ0n) is 23.4. The maximum Gasteiger partial charge on any atom is 0.269 e. The minimum absolute atomic E-state index is 0.0247. The van der Waals surface area contributed by atoms with E-state index in [2.05, 4.69) is 107 Å². The Morgan fingerprint density at radius 2 is 1.62 bits per heavy atom. The quantitative estimate of drug-likeness (QED) is 0.160. The Balaban J connectivity index is 1.20. The van der Waals surface area contributed by atoms with Gasteiger partial charge in [0.05, 0.1) is 32.6 Å². The maximum absolute atomic E-state index is 6.45. The minimum Gasteiger partial charge on any atom is -0.458 e. The van der Waals surface area contributed by atoms with Crippen LogP contribution in [0.4, 0.5) is 0 Å². The van der Waals surface area contributed by atoms with Crippen LogP contribution in [0.3, 0.4) is 0 Å². The van der Waals surface area contributed by atoms with Crippen molar-refractivity contribution in [2.75, 3.05) is 0 Å². The number of ether oxygens (including phenoxy) is 1. The predicted molar refractivity (Wildman–Crippen MR) is 168 cm³/mol. The van der Waals surface area contributed by atoms with E-state index in [9.17, 15) is 0 Å². The highest BCUT2D eigenvalue weighted by atomic mass is 32.1. The molecule has 8 aromatic rings. The fourth-order valence-electron chi connectivity index (χ4n) is 5.61. The van der Waals surface area contributed by atoms with Crippen LogP contribution in [0.5, 0.6) is 11.5 Å². The van der Waals surface area contributed by atoms with Crippen LogP contribution in [0.25, 0.3) is 48.7 Å². The molecule has 0 saturated carbocycles. The molecule has 4 aromatic carbocycles. The summed E-state index contributed by atoms with van der Waals surface area (Å²) < 4.78 is 13.9. The van der Waals surface area contributed by atoms with Crippen molar-refractivity contribution in [1.29, 1.82) is 0 Å². The molecule has 0 aliphatic carbocycles. The van der Waals surface area contributed by atoms with Crippen molar-refractivity contribution < 1.29 is 9.30 Å². The number of thiazole rings is 1. The van der Waals surface area contributed by atoms with E-state index < -0.39 is 0 Å². The molecular formula is C35H27N5OS. The first-order valence-electron chi connectivity index (χ1n) is 13.9. The summed E-state index contributed by atoms with van der Waals surface area (Å²) in [5.74, 6) is 1.51. The van der Waals surface area contributed by atoms with E-state index in [0.717, 1.165) is 60.2 Å². The average Bonchev–Trinajstić information content (AvgIpc) is 3.67. The van der Waals surface area contributed by atoms with Crippen LogP contribution in [-0.4, -0.2) is 18.9 Å². The van der Waals surface area contributed by atoms with Gasteiger partial charge in [0.25, 0.3) is 6.33 Å². The number of fused-ring (bicyclic) bond motifs is 6.